The average Bonchev–Trinajstić information content (AvgIpc) is 2.47. The summed E-state index contributed by atoms with van der Waals surface area (Å²) in [6.45, 7) is 0.608. The molecule has 3 heteroatoms. The average molecular weight is 253 g/mol. The van der Waals surface area contributed by atoms with E-state index < -0.39 is 5.97 Å². The van der Waals surface area contributed by atoms with Gasteiger partial charge in [0.05, 0.1) is 5.56 Å². The molecule has 2 N–H and O–H groups in total. The first-order valence-electron chi connectivity index (χ1n) is 6.38. The van der Waals surface area contributed by atoms with Gasteiger partial charge in [-0.1, -0.05) is 42.5 Å². The maximum atomic E-state index is 11.2. The van der Waals surface area contributed by atoms with Crippen LogP contribution in [-0.2, 0) is 13.0 Å². The molecule has 3 nitrogen and oxygen atoms in total. The van der Waals surface area contributed by atoms with Crippen molar-refractivity contribution in [2.45, 2.75) is 19.0 Å². The van der Waals surface area contributed by atoms with Gasteiger partial charge in [-0.25, -0.2) is 4.79 Å². The van der Waals surface area contributed by atoms with Crippen molar-refractivity contribution in [3.05, 3.63) is 70.8 Å². The largest absolute Gasteiger partial charge is 0.478 e. The van der Waals surface area contributed by atoms with Crippen LogP contribution in [0.15, 0.2) is 48.5 Å². The minimum Gasteiger partial charge on any atom is -0.478 e. The zero-order valence-electron chi connectivity index (χ0n) is 10.5. The third-order valence-corrected chi connectivity index (χ3v) is 3.65. The van der Waals surface area contributed by atoms with Crippen LogP contribution in [0.1, 0.15) is 33.1 Å². The molecule has 0 bridgehead atoms. The van der Waals surface area contributed by atoms with Crippen molar-refractivity contribution >= 4 is 5.97 Å². The fourth-order valence-electron chi connectivity index (χ4n) is 2.67. The summed E-state index contributed by atoms with van der Waals surface area (Å²) in [6, 6.07) is 16.1. The molecule has 0 spiro atoms. The quantitative estimate of drug-likeness (QED) is 0.865. The topological polar surface area (TPSA) is 49.3 Å². The number of benzene rings is 2. The Morgan fingerprint density at radius 3 is 2.63 bits per heavy atom. The molecule has 3 rings (SSSR count). The zero-order chi connectivity index (χ0) is 13.2. The SMILES string of the molecule is O=C(O)c1cccc2c1CNC(c1ccccc1)C2. The lowest BCUT2D eigenvalue weighted by molar-refractivity contribution is 0.0695. The standard InChI is InChI=1S/C16H15NO2/c18-16(19)13-8-4-7-12-9-15(17-10-14(12)13)11-5-2-1-3-6-11/h1-8,15,17H,9-10H2,(H,18,19). The van der Waals surface area contributed by atoms with Gasteiger partial charge in [-0.05, 0) is 29.2 Å². The molecule has 96 valence electrons. The lowest BCUT2D eigenvalue weighted by Crippen LogP contribution is -2.29. The highest BCUT2D eigenvalue weighted by molar-refractivity contribution is 5.89. The van der Waals surface area contributed by atoms with E-state index in [0.29, 0.717) is 12.1 Å². The van der Waals surface area contributed by atoms with Gasteiger partial charge < -0.3 is 10.4 Å². The predicted octanol–water partition coefficient (Wildman–Crippen LogP) is 2.77. The summed E-state index contributed by atoms with van der Waals surface area (Å²) in [6.07, 6.45) is 0.834. The number of hydrogen-bond donors (Lipinski definition) is 2. The number of aromatic carboxylic acids is 1. The van der Waals surface area contributed by atoms with E-state index in [1.165, 1.54) is 5.56 Å². The van der Waals surface area contributed by atoms with Crippen LogP contribution in [-0.4, -0.2) is 11.1 Å². The van der Waals surface area contributed by atoms with Crippen LogP contribution in [0.25, 0.3) is 0 Å². The van der Waals surface area contributed by atoms with Crippen molar-refractivity contribution in [3.8, 4) is 0 Å². The second-order valence-corrected chi connectivity index (χ2v) is 4.80. The molecular weight excluding hydrogens is 238 g/mol. The lowest BCUT2D eigenvalue weighted by Gasteiger charge is -2.27. The zero-order valence-corrected chi connectivity index (χ0v) is 10.5. The molecule has 2 aromatic rings. The molecule has 1 heterocycles. The van der Waals surface area contributed by atoms with E-state index in [4.69, 9.17) is 0 Å². The summed E-state index contributed by atoms with van der Waals surface area (Å²) in [7, 11) is 0. The molecular formula is C16H15NO2. The first-order valence-corrected chi connectivity index (χ1v) is 6.38. The van der Waals surface area contributed by atoms with Gasteiger partial charge in [0, 0.05) is 12.6 Å². The minimum absolute atomic E-state index is 0.262. The van der Waals surface area contributed by atoms with Crippen molar-refractivity contribution < 1.29 is 9.90 Å². The molecule has 19 heavy (non-hydrogen) atoms. The number of hydrogen-bond acceptors (Lipinski definition) is 2. The van der Waals surface area contributed by atoms with Crippen LogP contribution in [0.4, 0.5) is 0 Å². The van der Waals surface area contributed by atoms with Crippen molar-refractivity contribution in [1.29, 1.82) is 0 Å². The first-order chi connectivity index (χ1) is 9.25. The Bertz CT molecular complexity index is 607. The summed E-state index contributed by atoms with van der Waals surface area (Å²) in [5, 5.41) is 12.6. The molecule has 0 fully saturated rings. The number of carboxylic acid groups (broad SMARTS) is 1. The molecule has 1 unspecified atom stereocenters. The molecule has 1 atom stereocenters. The van der Waals surface area contributed by atoms with E-state index in [1.54, 1.807) is 6.07 Å². The first kappa shape index (κ1) is 11.9. The van der Waals surface area contributed by atoms with Crippen LogP contribution in [0, 0.1) is 0 Å². The molecule has 1 aliphatic heterocycles. The highest BCUT2D eigenvalue weighted by Crippen LogP contribution is 2.27. The highest BCUT2D eigenvalue weighted by atomic mass is 16.4. The van der Waals surface area contributed by atoms with Crippen LogP contribution in [0.3, 0.4) is 0 Å². The monoisotopic (exact) mass is 253 g/mol. The van der Waals surface area contributed by atoms with Gasteiger partial charge in [0.15, 0.2) is 0 Å². The van der Waals surface area contributed by atoms with Gasteiger partial charge in [-0.3, -0.25) is 0 Å². The van der Waals surface area contributed by atoms with Gasteiger partial charge in [-0.2, -0.15) is 0 Å². The third kappa shape index (κ3) is 2.25. The molecule has 0 radical (unpaired) electrons. The van der Waals surface area contributed by atoms with Crippen molar-refractivity contribution in [2.24, 2.45) is 0 Å². The molecule has 2 aromatic carbocycles. The van der Waals surface area contributed by atoms with E-state index in [-0.39, 0.29) is 6.04 Å². The Hall–Kier alpha value is -2.13. The summed E-state index contributed by atoms with van der Waals surface area (Å²) < 4.78 is 0. The molecule has 0 amide bonds. The van der Waals surface area contributed by atoms with Gasteiger partial charge in [-0.15, -0.1) is 0 Å². The van der Waals surface area contributed by atoms with Crippen LogP contribution in [0.2, 0.25) is 0 Å². The lowest BCUT2D eigenvalue weighted by atomic mass is 9.89. The maximum absolute atomic E-state index is 11.2. The van der Waals surface area contributed by atoms with Crippen LogP contribution < -0.4 is 5.32 Å². The number of fused-ring (bicyclic) bond motifs is 1. The Labute approximate surface area is 111 Å². The Morgan fingerprint density at radius 2 is 1.89 bits per heavy atom. The maximum Gasteiger partial charge on any atom is 0.336 e. The van der Waals surface area contributed by atoms with E-state index in [2.05, 4.69) is 17.4 Å². The second-order valence-electron chi connectivity index (χ2n) is 4.80. The van der Waals surface area contributed by atoms with Crippen molar-refractivity contribution in [2.75, 3.05) is 0 Å². The van der Waals surface area contributed by atoms with E-state index in [1.807, 2.05) is 30.3 Å². The second kappa shape index (κ2) is 4.86. The molecule has 0 aliphatic carbocycles. The van der Waals surface area contributed by atoms with Crippen molar-refractivity contribution in [1.82, 2.24) is 5.32 Å². The van der Waals surface area contributed by atoms with Gasteiger partial charge in [0.25, 0.3) is 0 Å². The number of carboxylic acids is 1. The fraction of sp³-hybridized carbons (Fsp3) is 0.188. The fourth-order valence-corrected chi connectivity index (χ4v) is 2.67. The van der Waals surface area contributed by atoms with E-state index in [0.717, 1.165) is 17.5 Å². The predicted molar refractivity (Wildman–Crippen MR) is 73.1 cm³/mol. The molecule has 0 aromatic heterocycles. The van der Waals surface area contributed by atoms with Crippen molar-refractivity contribution in [3.63, 3.8) is 0 Å². The Balaban J connectivity index is 1.93. The smallest absolute Gasteiger partial charge is 0.336 e. The Kier molecular flexibility index (Phi) is 3.05. The normalized spacial score (nSPS) is 17.8. The highest BCUT2D eigenvalue weighted by Gasteiger charge is 2.22. The molecule has 0 saturated heterocycles. The van der Waals surface area contributed by atoms with Gasteiger partial charge in [0.1, 0.15) is 0 Å². The molecule has 0 saturated carbocycles. The van der Waals surface area contributed by atoms with E-state index in [9.17, 15) is 9.90 Å². The van der Waals surface area contributed by atoms with E-state index >= 15 is 0 Å². The Morgan fingerprint density at radius 1 is 1.11 bits per heavy atom. The summed E-state index contributed by atoms with van der Waals surface area (Å²) in [5.74, 6) is -0.850. The van der Waals surface area contributed by atoms with Gasteiger partial charge >= 0.3 is 5.97 Å². The van der Waals surface area contributed by atoms with Crippen LogP contribution in [0.5, 0.6) is 0 Å². The number of rotatable bonds is 2. The summed E-state index contributed by atoms with van der Waals surface area (Å²) in [4.78, 5) is 11.2. The molecule has 1 aliphatic rings. The third-order valence-electron chi connectivity index (χ3n) is 3.65. The summed E-state index contributed by atoms with van der Waals surface area (Å²) in [5.41, 5.74) is 3.71. The minimum atomic E-state index is -0.850. The van der Waals surface area contributed by atoms with Gasteiger partial charge in [0.2, 0.25) is 0 Å². The summed E-state index contributed by atoms with van der Waals surface area (Å²) >= 11 is 0. The number of carbonyl (C=O) groups is 1. The van der Waals surface area contributed by atoms with Crippen LogP contribution >= 0.6 is 0 Å². The number of nitrogens with one attached hydrogen (secondary N) is 1.